The Bertz CT molecular complexity index is 1060. The average Bonchev–Trinajstić information content (AvgIpc) is 3.38. The van der Waals surface area contributed by atoms with E-state index in [0.717, 1.165) is 24.0 Å². The van der Waals surface area contributed by atoms with E-state index in [2.05, 4.69) is 34.9 Å². The third-order valence-corrected chi connectivity index (χ3v) is 7.69. The van der Waals surface area contributed by atoms with Crippen LogP contribution in [0.1, 0.15) is 62.0 Å². The Balaban J connectivity index is 1.20. The predicted molar refractivity (Wildman–Crippen MR) is 126 cm³/mol. The van der Waals surface area contributed by atoms with E-state index < -0.39 is 17.6 Å². The molecule has 3 aliphatic carbocycles. The number of ether oxygens (including phenoxy) is 1. The van der Waals surface area contributed by atoms with Gasteiger partial charge in [0.25, 0.3) is 0 Å². The van der Waals surface area contributed by atoms with Gasteiger partial charge in [0, 0.05) is 12.0 Å². The molecule has 0 aliphatic heterocycles. The molecule has 2 fully saturated rings. The highest BCUT2D eigenvalue weighted by atomic mass is 16.5. The molecule has 0 radical (unpaired) electrons. The van der Waals surface area contributed by atoms with Crippen LogP contribution in [-0.2, 0) is 14.3 Å². The second-order valence-corrected chi connectivity index (χ2v) is 9.81. The smallest absolute Gasteiger partial charge is 0.407 e. The van der Waals surface area contributed by atoms with E-state index >= 15 is 0 Å². The third kappa shape index (κ3) is 4.27. The van der Waals surface area contributed by atoms with Crippen LogP contribution in [0.5, 0.6) is 0 Å². The van der Waals surface area contributed by atoms with Gasteiger partial charge in [0.05, 0.1) is 17.9 Å². The minimum absolute atomic E-state index is 0.0182. The van der Waals surface area contributed by atoms with Crippen LogP contribution < -0.4 is 10.6 Å². The molecule has 0 bridgehead atoms. The highest BCUT2D eigenvalue weighted by Gasteiger charge is 2.43. The molecule has 2 atom stereocenters. The van der Waals surface area contributed by atoms with E-state index in [1.165, 1.54) is 11.1 Å². The topological polar surface area (TPSA) is 105 Å². The molecule has 2 amide bonds. The summed E-state index contributed by atoms with van der Waals surface area (Å²) in [6, 6.07) is 16.1. The van der Waals surface area contributed by atoms with Crippen molar-refractivity contribution in [2.24, 2.45) is 5.92 Å². The first-order valence-corrected chi connectivity index (χ1v) is 12.1. The second kappa shape index (κ2) is 9.12. The lowest BCUT2D eigenvalue weighted by molar-refractivity contribution is -0.140. The maximum atomic E-state index is 13.0. The number of carbonyl (C=O) groups excluding carboxylic acids is 2. The van der Waals surface area contributed by atoms with Gasteiger partial charge in [0.15, 0.2) is 0 Å². The number of fused-ring (bicyclic) bond motifs is 3. The van der Waals surface area contributed by atoms with Crippen molar-refractivity contribution in [3.8, 4) is 11.1 Å². The third-order valence-electron chi connectivity index (χ3n) is 7.69. The molecule has 0 heterocycles. The van der Waals surface area contributed by atoms with Gasteiger partial charge in [-0.15, -0.1) is 0 Å². The summed E-state index contributed by atoms with van der Waals surface area (Å²) >= 11 is 0. The van der Waals surface area contributed by atoms with Gasteiger partial charge < -0.3 is 20.5 Å². The van der Waals surface area contributed by atoms with Gasteiger partial charge in [0.1, 0.15) is 6.61 Å². The summed E-state index contributed by atoms with van der Waals surface area (Å²) in [5, 5.41) is 15.1. The monoisotopic (exact) mass is 462 g/mol. The maximum absolute atomic E-state index is 13.0. The fraction of sp³-hybridized carbons (Fsp3) is 0.444. The van der Waals surface area contributed by atoms with Gasteiger partial charge in [-0.2, -0.15) is 0 Å². The Hall–Kier alpha value is -3.35. The van der Waals surface area contributed by atoms with Gasteiger partial charge in [0.2, 0.25) is 5.91 Å². The van der Waals surface area contributed by atoms with Crippen molar-refractivity contribution in [1.82, 2.24) is 10.6 Å². The van der Waals surface area contributed by atoms with Crippen molar-refractivity contribution in [2.75, 3.05) is 6.61 Å². The molecule has 3 N–H and O–H groups in total. The number of carboxylic acid groups (broad SMARTS) is 1. The molecule has 2 aromatic rings. The van der Waals surface area contributed by atoms with Gasteiger partial charge >= 0.3 is 12.1 Å². The first kappa shape index (κ1) is 22.4. The molecule has 0 saturated heterocycles. The minimum atomic E-state index is -0.903. The summed E-state index contributed by atoms with van der Waals surface area (Å²) in [6.07, 6.45) is 3.91. The molecule has 5 rings (SSSR count). The van der Waals surface area contributed by atoms with E-state index in [4.69, 9.17) is 4.74 Å². The van der Waals surface area contributed by atoms with Crippen LogP contribution in [-0.4, -0.2) is 41.3 Å². The fourth-order valence-corrected chi connectivity index (χ4v) is 5.83. The van der Waals surface area contributed by atoms with Crippen LogP contribution in [0.4, 0.5) is 4.79 Å². The number of nitrogens with one attached hydrogen (secondary N) is 2. The Labute approximate surface area is 198 Å². The molecule has 7 heteroatoms. The first-order valence-electron chi connectivity index (χ1n) is 12.1. The van der Waals surface area contributed by atoms with E-state index in [1.54, 1.807) is 0 Å². The second-order valence-electron chi connectivity index (χ2n) is 9.81. The summed E-state index contributed by atoms with van der Waals surface area (Å²) in [5.74, 6) is -1.45. The zero-order valence-electron chi connectivity index (χ0n) is 19.1. The van der Waals surface area contributed by atoms with E-state index in [9.17, 15) is 19.5 Å². The van der Waals surface area contributed by atoms with Gasteiger partial charge in [-0.05, 0) is 54.4 Å². The number of amides is 2. The van der Waals surface area contributed by atoms with Crippen LogP contribution in [0.15, 0.2) is 48.5 Å². The summed E-state index contributed by atoms with van der Waals surface area (Å²) in [7, 11) is 0. The zero-order valence-corrected chi connectivity index (χ0v) is 19.1. The summed E-state index contributed by atoms with van der Waals surface area (Å²) in [5.41, 5.74) is 4.01. The number of aliphatic carboxylic acids is 1. The number of benzene rings is 2. The molecule has 7 nitrogen and oxygen atoms in total. The van der Waals surface area contributed by atoms with Crippen molar-refractivity contribution in [3.05, 3.63) is 59.7 Å². The standard InChI is InChI=1S/C27H30N2O5/c30-24(31)15-27(13-6-14-27)29-25(32)21-11-5-12-23(21)28-26(33)34-16-22-19-9-3-1-7-17(19)18-8-2-4-10-20(18)22/h1-4,7-10,21-23H,5-6,11-16H2,(H,28,33)(H,29,32)(H,30,31)/t21-,23+/m0/s1. The van der Waals surface area contributed by atoms with Crippen molar-refractivity contribution < 1.29 is 24.2 Å². The van der Waals surface area contributed by atoms with Crippen molar-refractivity contribution >= 4 is 18.0 Å². The van der Waals surface area contributed by atoms with E-state index in [0.29, 0.717) is 25.7 Å². The van der Waals surface area contributed by atoms with Crippen LogP contribution in [0, 0.1) is 5.92 Å². The van der Waals surface area contributed by atoms with E-state index in [-0.39, 0.29) is 36.8 Å². The predicted octanol–water partition coefficient (Wildman–Crippen LogP) is 4.21. The molecule has 2 saturated carbocycles. The Morgan fingerprint density at radius 1 is 0.941 bits per heavy atom. The minimum Gasteiger partial charge on any atom is -0.481 e. The number of hydrogen-bond donors (Lipinski definition) is 3. The van der Waals surface area contributed by atoms with Crippen LogP contribution in [0.2, 0.25) is 0 Å². The number of hydrogen-bond acceptors (Lipinski definition) is 4. The lowest BCUT2D eigenvalue weighted by Gasteiger charge is -2.42. The van der Waals surface area contributed by atoms with Crippen molar-refractivity contribution in [3.63, 3.8) is 0 Å². The first-order chi connectivity index (χ1) is 16.5. The molecule has 0 spiro atoms. The summed E-state index contributed by atoms with van der Waals surface area (Å²) in [4.78, 5) is 36.9. The molecule has 0 aromatic heterocycles. The van der Waals surface area contributed by atoms with Crippen molar-refractivity contribution in [1.29, 1.82) is 0 Å². The number of alkyl carbamates (subject to hydrolysis) is 1. The maximum Gasteiger partial charge on any atom is 0.407 e. The molecule has 2 aromatic carbocycles. The lowest BCUT2D eigenvalue weighted by Crippen LogP contribution is -2.57. The Morgan fingerprint density at radius 3 is 2.18 bits per heavy atom. The molecular weight excluding hydrogens is 432 g/mol. The highest BCUT2D eigenvalue weighted by molar-refractivity contribution is 5.83. The number of carbonyl (C=O) groups is 3. The van der Waals surface area contributed by atoms with Gasteiger partial charge in [-0.3, -0.25) is 9.59 Å². The molecule has 178 valence electrons. The zero-order chi connectivity index (χ0) is 23.7. The largest absolute Gasteiger partial charge is 0.481 e. The highest BCUT2D eigenvalue weighted by Crippen LogP contribution is 2.44. The Kier molecular flexibility index (Phi) is 6.02. The molecule has 0 unspecified atom stereocenters. The molecule has 34 heavy (non-hydrogen) atoms. The number of carboxylic acids is 1. The quantitative estimate of drug-likeness (QED) is 0.572. The average molecular weight is 463 g/mol. The fourth-order valence-electron chi connectivity index (χ4n) is 5.83. The summed E-state index contributed by atoms with van der Waals surface area (Å²) < 4.78 is 5.66. The van der Waals surface area contributed by atoms with E-state index in [1.807, 2.05) is 24.3 Å². The Morgan fingerprint density at radius 2 is 1.59 bits per heavy atom. The lowest BCUT2D eigenvalue weighted by atomic mass is 9.74. The number of rotatable bonds is 7. The van der Waals surface area contributed by atoms with Crippen molar-refractivity contribution in [2.45, 2.75) is 62.4 Å². The van der Waals surface area contributed by atoms with Gasteiger partial charge in [-0.25, -0.2) is 4.79 Å². The SMILES string of the molecule is O=C(O)CC1(NC(=O)[C@H]2CCC[C@H]2NC(=O)OCC2c3ccccc3-c3ccccc32)CCC1. The van der Waals surface area contributed by atoms with Crippen LogP contribution in [0.25, 0.3) is 11.1 Å². The van der Waals surface area contributed by atoms with Crippen LogP contribution >= 0.6 is 0 Å². The van der Waals surface area contributed by atoms with Gasteiger partial charge in [-0.1, -0.05) is 55.0 Å². The summed E-state index contributed by atoms with van der Waals surface area (Å²) in [6.45, 7) is 0.227. The molecule has 3 aliphatic rings. The van der Waals surface area contributed by atoms with Crippen LogP contribution in [0.3, 0.4) is 0 Å². The normalized spacial score (nSPS) is 22.2. The molecular formula is C27H30N2O5.